The van der Waals surface area contributed by atoms with Crippen LogP contribution in [0.1, 0.15) is 49.0 Å². The summed E-state index contributed by atoms with van der Waals surface area (Å²) < 4.78 is 35.1. The molecule has 3 aromatic carbocycles. The van der Waals surface area contributed by atoms with Crippen LogP contribution in [0.25, 0.3) is 16.5 Å². The Hall–Kier alpha value is -3.88. The molecular formula is C34H34ClF2N3O3. The molecule has 0 amide bonds. The second-order valence-electron chi connectivity index (χ2n) is 12.2. The van der Waals surface area contributed by atoms with Crippen molar-refractivity contribution in [1.29, 1.82) is 0 Å². The van der Waals surface area contributed by atoms with Gasteiger partial charge >= 0.3 is 5.97 Å². The zero-order chi connectivity index (χ0) is 30.3. The second-order valence-corrected chi connectivity index (χ2v) is 12.7. The van der Waals surface area contributed by atoms with E-state index in [1.54, 1.807) is 18.2 Å². The van der Waals surface area contributed by atoms with Crippen LogP contribution in [-0.2, 0) is 0 Å². The molecule has 6 nitrogen and oxygen atoms in total. The van der Waals surface area contributed by atoms with Crippen molar-refractivity contribution in [3.63, 3.8) is 0 Å². The number of hydrogen-bond donors (Lipinski definition) is 2. The van der Waals surface area contributed by atoms with Crippen LogP contribution in [0.2, 0.25) is 5.02 Å². The first kappa shape index (κ1) is 29.2. The molecule has 0 spiro atoms. The topological polar surface area (TPSA) is 68.8 Å². The van der Waals surface area contributed by atoms with Crippen LogP contribution in [0.15, 0.2) is 66.4 Å². The number of benzene rings is 3. The first-order chi connectivity index (χ1) is 20.6. The Morgan fingerprint density at radius 1 is 1.00 bits per heavy atom. The van der Waals surface area contributed by atoms with Crippen molar-refractivity contribution < 1.29 is 23.4 Å². The van der Waals surface area contributed by atoms with Crippen molar-refractivity contribution >= 4 is 39.7 Å². The van der Waals surface area contributed by atoms with Gasteiger partial charge in [0, 0.05) is 61.1 Å². The van der Waals surface area contributed by atoms with E-state index in [9.17, 15) is 18.7 Å². The molecule has 4 aromatic rings. The molecule has 2 aliphatic rings. The summed E-state index contributed by atoms with van der Waals surface area (Å²) in [5.74, 6) is -3.87. The van der Waals surface area contributed by atoms with E-state index in [0.29, 0.717) is 5.39 Å². The normalized spacial score (nSPS) is 17.5. The number of fused-ring (bicyclic) bond motifs is 1. The molecule has 224 valence electrons. The van der Waals surface area contributed by atoms with E-state index in [1.165, 1.54) is 35.0 Å². The number of ether oxygens (including phenoxy) is 1. The molecule has 1 aromatic heterocycles. The van der Waals surface area contributed by atoms with E-state index >= 15 is 0 Å². The maximum atomic E-state index is 14.8. The van der Waals surface area contributed by atoms with Crippen molar-refractivity contribution in [3.8, 4) is 11.5 Å². The van der Waals surface area contributed by atoms with Crippen molar-refractivity contribution in [2.24, 2.45) is 5.41 Å². The van der Waals surface area contributed by atoms with Crippen LogP contribution in [0, 0.1) is 17.0 Å². The van der Waals surface area contributed by atoms with Gasteiger partial charge in [-0.2, -0.15) is 4.39 Å². The summed E-state index contributed by atoms with van der Waals surface area (Å²) in [5, 5.41) is 10.9. The average Bonchev–Trinajstić information content (AvgIpc) is 3.46. The fraction of sp³-hybridized carbons (Fsp3) is 0.324. The van der Waals surface area contributed by atoms with Gasteiger partial charge in [0.25, 0.3) is 0 Å². The smallest absolute Gasteiger partial charge is 0.339 e. The minimum absolute atomic E-state index is 0.0305. The summed E-state index contributed by atoms with van der Waals surface area (Å²) in [6, 6.07) is 15.9. The number of allylic oxidation sites excluding steroid dienone is 1. The van der Waals surface area contributed by atoms with E-state index in [1.807, 2.05) is 12.1 Å². The molecule has 0 bridgehead atoms. The number of anilines is 1. The highest BCUT2D eigenvalue weighted by Crippen LogP contribution is 2.43. The van der Waals surface area contributed by atoms with Crippen LogP contribution in [0.3, 0.4) is 0 Å². The Labute approximate surface area is 254 Å². The molecule has 0 radical (unpaired) electrons. The summed E-state index contributed by atoms with van der Waals surface area (Å²) in [6.07, 6.45) is 4.75. The van der Waals surface area contributed by atoms with E-state index < -0.39 is 17.6 Å². The van der Waals surface area contributed by atoms with Crippen LogP contribution >= 0.6 is 11.6 Å². The second kappa shape index (κ2) is 11.7. The number of aromatic carboxylic acids is 1. The number of nitrogens with zero attached hydrogens (tertiary/aromatic N) is 2. The minimum Gasteiger partial charge on any atom is -0.478 e. The maximum Gasteiger partial charge on any atom is 0.339 e. The number of piperazine rings is 1. The Bertz CT molecular complexity index is 1710. The number of rotatable bonds is 7. The van der Waals surface area contributed by atoms with Gasteiger partial charge in [0.1, 0.15) is 11.3 Å². The average molecular weight is 606 g/mol. The van der Waals surface area contributed by atoms with Gasteiger partial charge in [0.15, 0.2) is 11.6 Å². The van der Waals surface area contributed by atoms with Crippen molar-refractivity contribution in [2.75, 3.05) is 37.6 Å². The summed E-state index contributed by atoms with van der Waals surface area (Å²) in [4.78, 5) is 19.3. The van der Waals surface area contributed by atoms with Gasteiger partial charge < -0.3 is 19.7 Å². The molecule has 1 aliphatic heterocycles. The highest BCUT2D eigenvalue weighted by atomic mass is 35.5. The number of H-pyrrole nitrogens is 1. The highest BCUT2D eigenvalue weighted by molar-refractivity contribution is 6.30. The molecule has 0 atom stereocenters. The number of carboxylic acids is 1. The van der Waals surface area contributed by atoms with Crippen LogP contribution in [-0.4, -0.2) is 53.7 Å². The number of carbonyl (C=O) groups is 1. The number of aromatic amines is 1. The first-order valence-electron chi connectivity index (χ1n) is 14.5. The van der Waals surface area contributed by atoms with Crippen molar-refractivity contribution in [3.05, 3.63) is 94.2 Å². The number of hydrogen-bond acceptors (Lipinski definition) is 4. The van der Waals surface area contributed by atoms with Gasteiger partial charge in [-0.1, -0.05) is 43.2 Å². The van der Waals surface area contributed by atoms with E-state index in [0.717, 1.165) is 62.7 Å². The lowest BCUT2D eigenvalue weighted by atomic mass is 9.72. The summed E-state index contributed by atoms with van der Waals surface area (Å²) >= 11 is 6.17. The van der Waals surface area contributed by atoms with Gasteiger partial charge in [0.05, 0.1) is 5.52 Å². The Morgan fingerprint density at radius 2 is 1.74 bits per heavy atom. The zero-order valence-electron chi connectivity index (χ0n) is 24.2. The Kier molecular flexibility index (Phi) is 7.92. The standard InChI is InChI=1S/C34H34ClF2N3O3/c1-34(2)11-9-23(27(19-34)21-3-5-24(35)6-4-21)20-39-13-15-40(16-14-39)25-7-8-26(33(41)42)28(18-25)43-29-17-22-10-12-38-32(22)31(37)30(29)36/h3-8,10,12,17-18,38H,9,11,13-16,19-20H2,1-2H3,(H,41,42). The summed E-state index contributed by atoms with van der Waals surface area (Å²) in [5.41, 5.74) is 5.06. The lowest BCUT2D eigenvalue weighted by molar-refractivity contribution is 0.0694. The van der Waals surface area contributed by atoms with Crippen LogP contribution in [0.5, 0.6) is 11.5 Å². The van der Waals surface area contributed by atoms with Gasteiger partial charge in [-0.15, -0.1) is 0 Å². The van der Waals surface area contributed by atoms with Crippen molar-refractivity contribution in [1.82, 2.24) is 9.88 Å². The highest BCUT2D eigenvalue weighted by Gasteiger charge is 2.29. The molecule has 0 saturated carbocycles. The third-order valence-electron chi connectivity index (χ3n) is 8.64. The fourth-order valence-corrected chi connectivity index (χ4v) is 6.30. The number of carboxylic acid groups (broad SMARTS) is 1. The minimum atomic E-state index is -1.21. The van der Waals surface area contributed by atoms with Gasteiger partial charge in [-0.25, -0.2) is 9.18 Å². The molecule has 2 N–H and O–H groups in total. The fourth-order valence-electron chi connectivity index (χ4n) is 6.17. The maximum absolute atomic E-state index is 14.8. The molecule has 1 saturated heterocycles. The molecule has 43 heavy (non-hydrogen) atoms. The molecule has 0 unspecified atom stereocenters. The number of aromatic nitrogens is 1. The molecule has 6 rings (SSSR count). The van der Waals surface area contributed by atoms with Gasteiger partial charge in [-0.05, 0) is 72.2 Å². The van der Waals surface area contributed by atoms with Gasteiger partial charge in [0.2, 0.25) is 5.82 Å². The molecule has 9 heteroatoms. The van der Waals surface area contributed by atoms with Crippen LogP contribution in [0.4, 0.5) is 14.5 Å². The van der Waals surface area contributed by atoms with E-state index in [4.69, 9.17) is 16.3 Å². The number of halogens is 3. The van der Waals surface area contributed by atoms with E-state index in [2.05, 4.69) is 40.8 Å². The van der Waals surface area contributed by atoms with Crippen LogP contribution < -0.4 is 9.64 Å². The quantitative estimate of drug-likeness (QED) is 0.221. The first-order valence-corrected chi connectivity index (χ1v) is 14.9. The molecule has 2 heterocycles. The zero-order valence-corrected chi connectivity index (χ0v) is 25.0. The third-order valence-corrected chi connectivity index (χ3v) is 8.89. The van der Waals surface area contributed by atoms with Gasteiger partial charge in [-0.3, -0.25) is 4.90 Å². The largest absolute Gasteiger partial charge is 0.478 e. The third kappa shape index (κ3) is 6.12. The predicted octanol–water partition coefficient (Wildman–Crippen LogP) is 8.38. The Morgan fingerprint density at radius 3 is 2.47 bits per heavy atom. The summed E-state index contributed by atoms with van der Waals surface area (Å²) in [6.45, 7) is 8.70. The predicted molar refractivity (Wildman–Crippen MR) is 166 cm³/mol. The molecule has 1 aliphatic carbocycles. The Balaban J connectivity index is 1.19. The lowest BCUT2D eigenvalue weighted by Crippen LogP contribution is -2.47. The monoisotopic (exact) mass is 605 g/mol. The number of nitrogens with one attached hydrogen (secondary N) is 1. The molecular weight excluding hydrogens is 572 g/mol. The SMILES string of the molecule is CC1(C)CCC(CN2CCN(c3ccc(C(=O)O)c(Oc4cc5cc[nH]c5c(F)c4F)c3)CC2)=C(c2ccc(Cl)cc2)C1. The lowest BCUT2D eigenvalue weighted by Gasteiger charge is -2.39. The van der Waals surface area contributed by atoms with Crippen molar-refractivity contribution in [2.45, 2.75) is 33.1 Å². The van der Waals surface area contributed by atoms with E-state index in [-0.39, 0.29) is 28.0 Å². The summed E-state index contributed by atoms with van der Waals surface area (Å²) in [7, 11) is 0. The molecule has 1 fully saturated rings.